The van der Waals surface area contributed by atoms with E-state index < -0.39 is 5.97 Å². The predicted octanol–water partition coefficient (Wildman–Crippen LogP) is 2.09. The number of esters is 1. The molecule has 0 bridgehead atoms. The fourth-order valence-corrected chi connectivity index (χ4v) is 1.28. The number of aromatic hydroxyl groups is 1. The molecule has 0 aliphatic rings. The van der Waals surface area contributed by atoms with Gasteiger partial charge in [0.2, 0.25) is 0 Å². The molecule has 0 atom stereocenters. The van der Waals surface area contributed by atoms with Crippen molar-refractivity contribution in [3.05, 3.63) is 28.3 Å². The summed E-state index contributed by atoms with van der Waals surface area (Å²) < 4.78 is 4.72. The van der Waals surface area contributed by atoms with Crippen LogP contribution >= 0.6 is 11.6 Å². The lowest BCUT2D eigenvalue weighted by Crippen LogP contribution is -2.06. The minimum atomic E-state index is -0.657. The molecule has 0 spiro atoms. The van der Waals surface area contributed by atoms with Crippen LogP contribution < -0.4 is 0 Å². The summed E-state index contributed by atoms with van der Waals surface area (Å²) in [4.78, 5) is 11.4. The van der Waals surface area contributed by atoms with Gasteiger partial charge in [-0.2, -0.15) is 5.26 Å². The van der Waals surface area contributed by atoms with E-state index in [9.17, 15) is 9.90 Å². The highest BCUT2D eigenvalue weighted by Crippen LogP contribution is 2.26. The summed E-state index contributed by atoms with van der Waals surface area (Å²) in [6, 6.07) is 4.13. The number of phenols is 1. The van der Waals surface area contributed by atoms with Crippen LogP contribution in [0.3, 0.4) is 0 Å². The maximum Gasteiger partial charge on any atom is 0.339 e. The Labute approximate surface area is 91.7 Å². The van der Waals surface area contributed by atoms with E-state index in [0.29, 0.717) is 0 Å². The lowest BCUT2D eigenvalue weighted by molar-refractivity contribution is 0.0526. The Balaban J connectivity index is 3.24. The average molecular weight is 226 g/mol. The molecule has 1 rings (SSSR count). The predicted molar refractivity (Wildman–Crippen MR) is 53.8 cm³/mol. The van der Waals surface area contributed by atoms with Gasteiger partial charge in [-0.1, -0.05) is 11.6 Å². The summed E-state index contributed by atoms with van der Waals surface area (Å²) in [5, 5.41) is 17.9. The third kappa shape index (κ3) is 2.39. The van der Waals surface area contributed by atoms with Gasteiger partial charge in [-0.25, -0.2) is 4.79 Å². The molecule has 1 aromatic carbocycles. The lowest BCUT2D eigenvalue weighted by atomic mass is 10.1. The molecule has 1 aromatic rings. The van der Waals surface area contributed by atoms with Crippen LogP contribution in [-0.2, 0) is 4.74 Å². The normalized spacial score (nSPS) is 9.40. The first-order valence-corrected chi connectivity index (χ1v) is 4.57. The Hall–Kier alpha value is -1.73. The van der Waals surface area contributed by atoms with Crippen LogP contribution in [0.2, 0.25) is 5.02 Å². The number of carbonyl (C=O) groups is 1. The van der Waals surface area contributed by atoms with Gasteiger partial charge in [-0.3, -0.25) is 0 Å². The summed E-state index contributed by atoms with van der Waals surface area (Å²) in [7, 11) is 0. The van der Waals surface area contributed by atoms with Crippen molar-refractivity contribution in [1.29, 1.82) is 5.26 Å². The number of ether oxygens (including phenoxy) is 1. The Morgan fingerprint density at radius 3 is 2.87 bits per heavy atom. The molecular weight excluding hydrogens is 218 g/mol. The van der Waals surface area contributed by atoms with Gasteiger partial charge in [0.25, 0.3) is 0 Å². The Morgan fingerprint density at radius 1 is 1.67 bits per heavy atom. The molecule has 0 saturated heterocycles. The minimum Gasteiger partial charge on any atom is -0.508 e. The number of hydrogen-bond acceptors (Lipinski definition) is 4. The number of carbonyl (C=O) groups excluding carboxylic acids is 1. The highest BCUT2D eigenvalue weighted by atomic mass is 35.5. The van der Waals surface area contributed by atoms with Crippen LogP contribution in [0.15, 0.2) is 12.1 Å². The van der Waals surface area contributed by atoms with Gasteiger partial charge in [-0.15, -0.1) is 0 Å². The number of benzene rings is 1. The Kier molecular flexibility index (Phi) is 3.53. The van der Waals surface area contributed by atoms with Gasteiger partial charge in [0.05, 0.1) is 22.8 Å². The Morgan fingerprint density at radius 2 is 2.33 bits per heavy atom. The molecule has 0 radical (unpaired) electrons. The van der Waals surface area contributed by atoms with Crippen molar-refractivity contribution in [3.8, 4) is 11.8 Å². The minimum absolute atomic E-state index is 0.00457. The molecule has 78 valence electrons. The zero-order valence-corrected chi connectivity index (χ0v) is 8.71. The highest BCUT2D eigenvalue weighted by Gasteiger charge is 2.16. The van der Waals surface area contributed by atoms with Gasteiger partial charge in [0.15, 0.2) is 0 Å². The van der Waals surface area contributed by atoms with Crippen LogP contribution in [0.5, 0.6) is 5.75 Å². The number of nitriles is 1. The number of rotatable bonds is 2. The molecule has 0 aliphatic heterocycles. The van der Waals surface area contributed by atoms with Gasteiger partial charge < -0.3 is 9.84 Å². The van der Waals surface area contributed by atoms with Gasteiger partial charge in [0.1, 0.15) is 11.8 Å². The first kappa shape index (κ1) is 11.3. The molecule has 0 unspecified atom stereocenters. The first-order valence-electron chi connectivity index (χ1n) is 4.19. The number of nitrogens with zero attached hydrogens (tertiary/aromatic N) is 1. The summed E-state index contributed by atoms with van der Waals surface area (Å²) in [5.74, 6) is -0.853. The van der Waals surface area contributed by atoms with Gasteiger partial charge >= 0.3 is 5.97 Å². The second kappa shape index (κ2) is 4.67. The van der Waals surface area contributed by atoms with E-state index in [1.54, 1.807) is 13.0 Å². The van der Waals surface area contributed by atoms with Crippen molar-refractivity contribution in [2.75, 3.05) is 6.61 Å². The second-order valence-electron chi connectivity index (χ2n) is 2.69. The molecule has 5 heteroatoms. The van der Waals surface area contributed by atoms with Gasteiger partial charge in [-0.05, 0) is 19.1 Å². The van der Waals surface area contributed by atoms with E-state index in [1.807, 2.05) is 0 Å². The summed E-state index contributed by atoms with van der Waals surface area (Å²) in [5.41, 5.74) is 0.0368. The second-order valence-corrected chi connectivity index (χ2v) is 3.07. The van der Waals surface area contributed by atoms with Crippen molar-refractivity contribution >= 4 is 17.6 Å². The standard InChI is InChI=1S/C10H8ClNO3/c1-2-15-10(14)8-4-7(13)3-6(5-12)9(8)11/h3-4,13H,2H2,1H3. The van der Waals surface area contributed by atoms with Crippen molar-refractivity contribution in [3.63, 3.8) is 0 Å². The average Bonchev–Trinajstić information content (AvgIpc) is 2.21. The van der Waals surface area contributed by atoms with Crippen LogP contribution in [0.1, 0.15) is 22.8 Å². The van der Waals surface area contributed by atoms with Crippen LogP contribution in [0.4, 0.5) is 0 Å². The lowest BCUT2D eigenvalue weighted by Gasteiger charge is -2.05. The van der Waals surface area contributed by atoms with Crippen molar-refractivity contribution in [2.24, 2.45) is 0 Å². The molecule has 4 nitrogen and oxygen atoms in total. The number of halogens is 1. The maximum atomic E-state index is 11.4. The quantitative estimate of drug-likeness (QED) is 0.783. The van der Waals surface area contributed by atoms with E-state index >= 15 is 0 Å². The van der Waals surface area contributed by atoms with E-state index in [-0.39, 0.29) is 28.5 Å². The van der Waals surface area contributed by atoms with Crippen LogP contribution in [0, 0.1) is 11.3 Å². The zero-order chi connectivity index (χ0) is 11.4. The van der Waals surface area contributed by atoms with Crippen molar-refractivity contribution < 1.29 is 14.6 Å². The summed E-state index contributed by atoms with van der Waals surface area (Å²) in [6.45, 7) is 1.85. The van der Waals surface area contributed by atoms with E-state index in [2.05, 4.69) is 0 Å². The summed E-state index contributed by atoms with van der Waals surface area (Å²) >= 11 is 5.78. The number of hydrogen-bond donors (Lipinski definition) is 1. The van der Waals surface area contributed by atoms with E-state index in [0.717, 1.165) is 0 Å². The van der Waals surface area contributed by atoms with E-state index in [1.165, 1.54) is 12.1 Å². The number of phenolic OH excluding ortho intramolecular Hbond substituents is 1. The molecule has 0 aromatic heterocycles. The third-order valence-electron chi connectivity index (χ3n) is 1.67. The van der Waals surface area contributed by atoms with Gasteiger partial charge in [0, 0.05) is 0 Å². The fraction of sp³-hybridized carbons (Fsp3) is 0.200. The maximum absolute atomic E-state index is 11.4. The highest BCUT2D eigenvalue weighted by molar-refractivity contribution is 6.34. The Bertz CT molecular complexity index is 437. The third-order valence-corrected chi connectivity index (χ3v) is 2.08. The SMILES string of the molecule is CCOC(=O)c1cc(O)cc(C#N)c1Cl. The molecule has 1 N–H and O–H groups in total. The molecule has 0 amide bonds. The molecule has 0 heterocycles. The van der Waals surface area contributed by atoms with E-state index in [4.69, 9.17) is 21.6 Å². The molecular formula is C10H8ClNO3. The van der Waals surface area contributed by atoms with Crippen LogP contribution in [0.25, 0.3) is 0 Å². The van der Waals surface area contributed by atoms with Crippen molar-refractivity contribution in [1.82, 2.24) is 0 Å². The first-order chi connectivity index (χ1) is 7.10. The molecule has 0 saturated carbocycles. The molecule has 15 heavy (non-hydrogen) atoms. The zero-order valence-electron chi connectivity index (χ0n) is 7.95. The van der Waals surface area contributed by atoms with Crippen LogP contribution in [-0.4, -0.2) is 17.7 Å². The molecule has 0 aliphatic carbocycles. The topological polar surface area (TPSA) is 70.3 Å². The fourth-order valence-electron chi connectivity index (χ4n) is 1.05. The van der Waals surface area contributed by atoms with Crippen molar-refractivity contribution in [2.45, 2.75) is 6.92 Å². The smallest absolute Gasteiger partial charge is 0.339 e. The monoisotopic (exact) mass is 225 g/mol. The summed E-state index contributed by atoms with van der Waals surface area (Å²) in [6.07, 6.45) is 0. The largest absolute Gasteiger partial charge is 0.508 e. The molecule has 0 fully saturated rings.